The summed E-state index contributed by atoms with van der Waals surface area (Å²) in [6, 6.07) is 28.1. The molecule has 1 aliphatic heterocycles. The highest BCUT2D eigenvalue weighted by molar-refractivity contribution is 5.91. The van der Waals surface area contributed by atoms with Crippen LogP contribution < -0.4 is 18.9 Å². The lowest BCUT2D eigenvalue weighted by Gasteiger charge is -2.31. The SMILES string of the molecule is C=CC(=O)OCCCCCCCCCCCOc1ccc(C(=O)Oc2ccc(COC3OCCOC3OCc3ccc(OC(=O)c4ccc(OCCCCCCCCCCCOC(=O)C=C)cc4)cc3)cc2)cc1. The van der Waals surface area contributed by atoms with Crippen molar-refractivity contribution in [1.82, 2.24) is 0 Å². The van der Waals surface area contributed by atoms with Gasteiger partial charge in [0.05, 0.1) is 64.0 Å². The molecule has 0 bridgehead atoms. The third-order valence-corrected chi connectivity index (χ3v) is 12.1. The molecule has 0 saturated carbocycles. The van der Waals surface area contributed by atoms with Crippen molar-refractivity contribution in [2.75, 3.05) is 39.6 Å². The van der Waals surface area contributed by atoms with Crippen molar-refractivity contribution >= 4 is 23.9 Å². The van der Waals surface area contributed by atoms with Crippen LogP contribution in [0.1, 0.15) is 147 Å². The summed E-state index contributed by atoms with van der Waals surface area (Å²) >= 11 is 0. The fourth-order valence-corrected chi connectivity index (χ4v) is 7.84. The predicted octanol–water partition coefficient (Wildman–Crippen LogP) is 12.8. The molecule has 0 aliphatic carbocycles. The van der Waals surface area contributed by atoms with Crippen molar-refractivity contribution in [3.05, 3.63) is 145 Å². The van der Waals surface area contributed by atoms with Crippen molar-refractivity contribution < 1.29 is 66.5 Å². The maximum Gasteiger partial charge on any atom is 0.343 e. The van der Waals surface area contributed by atoms with E-state index in [0.29, 0.717) is 73.8 Å². The summed E-state index contributed by atoms with van der Waals surface area (Å²) in [5.41, 5.74) is 2.52. The van der Waals surface area contributed by atoms with Crippen LogP contribution in [0.5, 0.6) is 23.0 Å². The van der Waals surface area contributed by atoms with Crippen LogP contribution in [0.2, 0.25) is 0 Å². The van der Waals surface area contributed by atoms with Gasteiger partial charge in [-0.05, 0) is 110 Å². The van der Waals surface area contributed by atoms with Crippen LogP contribution >= 0.6 is 0 Å². The molecule has 14 heteroatoms. The Hall–Kier alpha value is -6.32. The Morgan fingerprint density at radius 1 is 0.405 bits per heavy atom. The molecule has 0 aromatic heterocycles. The molecule has 1 heterocycles. The molecule has 0 amide bonds. The Morgan fingerprint density at radius 3 is 1.03 bits per heavy atom. The summed E-state index contributed by atoms with van der Waals surface area (Å²) < 4.78 is 56.8. The highest BCUT2D eigenvalue weighted by Crippen LogP contribution is 2.23. The normalized spacial score (nSPS) is 14.1. The Morgan fingerprint density at radius 2 is 0.703 bits per heavy atom. The molecule has 1 saturated heterocycles. The third kappa shape index (κ3) is 24.1. The first-order valence-corrected chi connectivity index (χ1v) is 26.4. The molecule has 400 valence electrons. The summed E-state index contributed by atoms with van der Waals surface area (Å²) in [5, 5.41) is 0. The molecule has 4 aromatic rings. The minimum Gasteiger partial charge on any atom is -0.494 e. The third-order valence-electron chi connectivity index (χ3n) is 12.1. The Bertz CT molecular complexity index is 2060. The maximum atomic E-state index is 12.9. The Labute approximate surface area is 437 Å². The highest BCUT2D eigenvalue weighted by Gasteiger charge is 2.29. The quantitative estimate of drug-likeness (QED) is 0.0180. The number of hydrogen-bond acceptors (Lipinski definition) is 14. The van der Waals surface area contributed by atoms with E-state index in [1.165, 1.54) is 63.5 Å². The zero-order chi connectivity index (χ0) is 52.3. The van der Waals surface area contributed by atoms with Gasteiger partial charge in [0.15, 0.2) is 0 Å². The second-order valence-corrected chi connectivity index (χ2v) is 18.0. The van der Waals surface area contributed by atoms with Crippen molar-refractivity contribution in [1.29, 1.82) is 0 Å². The van der Waals surface area contributed by atoms with Crippen LogP contribution in [0.3, 0.4) is 0 Å². The van der Waals surface area contributed by atoms with E-state index < -0.39 is 24.5 Å². The highest BCUT2D eigenvalue weighted by atomic mass is 16.8. The second-order valence-electron chi connectivity index (χ2n) is 18.0. The van der Waals surface area contributed by atoms with Crippen molar-refractivity contribution in [3.63, 3.8) is 0 Å². The summed E-state index contributed by atoms with van der Waals surface area (Å²) in [5.74, 6) is 0.578. The van der Waals surface area contributed by atoms with Gasteiger partial charge in [-0.3, -0.25) is 0 Å². The summed E-state index contributed by atoms with van der Waals surface area (Å²) in [6.45, 7) is 10.1. The van der Waals surface area contributed by atoms with E-state index in [4.69, 9.17) is 47.4 Å². The number of rotatable bonds is 38. The van der Waals surface area contributed by atoms with Crippen molar-refractivity contribution in [3.8, 4) is 23.0 Å². The van der Waals surface area contributed by atoms with Gasteiger partial charge in [0.25, 0.3) is 0 Å². The number of esters is 4. The van der Waals surface area contributed by atoms with Crippen LogP contribution in [0.25, 0.3) is 0 Å². The topological polar surface area (TPSA) is 161 Å². The molecule has 5 rings (SSSR count). The lowest BCUT2D eigenvalue weighted by Crippen LogP contribution is -2.41. The van der Waals surface area contributed by atoms with E-state index >= 15 is 0 Å². The summed E-state index contributed by atoms with van der Waals surface area (Å²) in [7, 11) is 0. The van der Waals surface area contributed by atoms with Gasteiger partial charge in [-0.15, -0.1) is 0 Å². The molecule has 74 heavy (non-hydrogen) atoms. The molecule has 4 aromatic carbocycles. The number of benzene rings is 4. The standard InChI is InChI=1S/C60H76O14/c1-3-55(61)67-41-21-17-13-9-5-7-11-15-19-39-65-51-35-27-49(28-36-51)57(63)73-53-31-23-47(24-32-53)45-71-59-60(70-44-43-69-59)72-46-48-25-33-54(34-26-48)74-58(64)50-29-37-52(38-30-50)66-40-20-16-12-8-6-10-14-18-22-42-68-56(62)4-2/h3-4,23-38,59-60H,1-2,5-22,39-46H2. The molecule has 0 N–H and O–H groups in total. The van der Waals surface area contributed by atoms with Crippen LogP contribution in [-0.2, 0) is 51.2 Å². The second kappa shape index (κ2) is 35.8. The minimum atomic E-state index is -0.765. The van der Waals surface area contributed by atoms with Crippen molar-refractivity contribution in [2.24, 2.45) is 0 Å². The molecular weight excluding hydrogens is 945 g/mol. The largest absolute Gasteiger partial charge is 0.494 e. The predicted molar refractivity (Wildman–Crippen MR) is 281 cm³/mol. The van der Waals surface area contributed by atoms with Crippen molar-refractivity contribution in [2.45, 2.75) is 141 Å². The molecule has 0 spiro atoms. The fraction of sp³-hybridized carbons (Fsp3) is 0.467. The number of ether oxygens (including phenoxy) is 10. The lowest BCUT2D eigenvalue weighted by atomic mass is 10.1. The van der Waals surface area contributed by atoms with Gasteiger partial charge in [-0.2, -0.15) is 0 Å². The lowest BCUT2D eigenvalue weighted by molar-refractivity contribution is -0.326. The van der Waals surface area contributed by atoms with Gasteiger partial charge < -0.3 is 47.4 Å². The first kappa shape index (κ1) is 58.6. The maximum absolute atomic E-state index is 12.9. The zero-order valence-electron chi connectivity index (χ0n) is 43.1. The fourth-order valence-electron chi connectivity index (χ4n) is 7.84. The summed E-state index contributed by atoms with van der Waals surface area (Å²) in [6.07, 6.45) is 20.8. The zero-order valence-corrected chi connectivity index (χ0v) is 43.1. The van der Waals surface area contributed by atoms with E-state index in [9.17, 15) is 19.2 Å². The minimum absolute atomic E-state index is 0.211. The molecule has 2 atom stereocenters. The van der Waals surface area contributed by atoms with Crippen LogP contribution in [0, 0.1) is 0 Å². The molecule has 1 fully saturated rings. The smallest absolute Gasteiger partial charge is 0.343 e. The van der Waals surface area contributed by atoms with E-state index in [1.807, 2.05) is 24.3 Å². The van der Waals surface area contributed by atoms with Crippen LogP contribution in [-0.4, -0.2) is 76.1 Å². The monoisotopic (exact) mass is 1020 g/mol. The van der Waals surface area contributed by atoms with E-state index in [-0.39, 0.29) is 25.2 Å². The van der Waals surface area contributed by atoms with Gasteiger partial charge in [0, 0.05) is 12.2 Å². The average molecular weight is 1020 g/mol. The van der Waals surface area contributed by atoms with Gasteiger partial charge >= 0.3 is 23.9 Å². The van der Waals surface area contributed by atoms with Gasteiger partial charge in [0.1, 0.15) is 23.0 Å². The van der Waals surface area contributed by atoms with Gasteiger partial charge in [-0.1, -0.05) is 127 Å². The van der Waals surface area contributed by atoms with Crippen LogP contribution in [0.15, 0.2) is 122 Å². The first-order valence-electron chi connectivity index (χ1n) is 26.4. The number of carbonyl (C=O) groups is 4. The Balaban J connectivity index is 0.895. The van der Waals surface area contributed by atoms with Crippen LogP contribution in [0.4, 0.5) is 0 Å². The molecule has 0 radical (unpaired) electrons. The van der Waals surface area contributed by atoms with E-state index in [0.717, 1.165) is 75.3 Å². The molecule has 1 aliphatic rings. The van der Waals surface area contributed by atoms with E-state index in [2.05, 4.69) is 13.2 Å². The average Bonchev–Trinajstić information content (AvgIpc) is 3.43. The first-order chi connectivity index (χ1) is 36.3. The molecule has 14 nitrogen and oxygen atoms in total. The number of unbranched alkanes of at least 4 members (excludes halogenated alkanes) is 16. The molecule has 2 unspecified atom stereocenters. The summed E-state index contributed by atoms with van der Waals surface area (Å²) in [4.78, 5) is 47.9. The van der Waals surface area contributed by atoms with Gasteiger partial charge in [0.2, 0.25) is 12.6 Å². The van der Waals surface area contributed by atoms with Gasteiger partial charge in [-0.25, -0.2) is 19.2 Å². The van der Waals surface area contributed by atoms with E-state index in [1.54, 1.807) is 72.8 Å². The Kier molecular flexibility index (Phi) is 28.3. The molecular formula is C60H76O14. The number of carbonyl (C=O) groups excluding carboxylic acids is 4. The number of hydrogen-bond donors (Lipinski definition) is 0.